The molecule has 0 amide bonds. The van der Waals surface area contributed by atoms with Crippen molar-refractivity contribution in [3.8, 4) is 0 Å². The van der Waals surface area contributed by atoms with E-state index in [2.05, 4.69) is 0 Å². The molecule has 0 saturated heterocycles. The van der Waals surface area contributed by atoms with Crippen molar-refractivity contribution in [3.63, 3.8) is 0 Å². The molecule has 0 aliphatic heterocycles. The topological polar surface area (TPSA) is 26.0 Å². The summed E-state index contributed by atoms with van der Waals surface area (Å²) < 4.78 is 37.8. The first kappa shape index (κ1) is 12.7. The number of nitrogens with two attached hydrogens (primary N) is 1. The van der Waals surface area contributed by atoms with E-state index in [0.29, 0.717) is 11.5 Å². The summed E-state index contributed by atoms with van der Waals surface area (Å²) in [6.45, 7) is 0. The highest BCUT2D eigenvalue weighted by molar-refractivity contribution is 6.30. The van der Waals surface area contributed by atoms with Gasteiger partial charge in [0.15, 0.2) is 0 Å². The number of hydrogen-bond donors (Lipinski definition) is 1. The highest BCUT2D eigenvalue weighted by Gasteiger charge is 2.32. The summed E-state index contributed by atoms with van der Waals surface area (Å²) in [6, 6.07) is 3.18. The predicted octanol–water partition coefficient (Wildman–Crippen LogP) is 4.16. The molecule has 1 aliphatic rings. The third kappa shape index (κ3) is 3.36. The Kier molecular flexibility index (Phi) is 3.36. The van der Waals surface area contributed by atoms with E-state index >= 15 is 0 Å². The number of rotatable bonds is 3. The van der Waals surface area contributed by atoms with Crippen LogP contribution < -0.4 is 5.73 Å². The quantitative estimate of drug-likeness (QED) is 0.871. The maximum Gasteiger partial charge on any atom is 0.416 e. The van der Waals surface area contributed by atoms with Gasteiger partial charge in [-0.3, -0.25) is 0 Å². The van der Waals surface area contributed by atoms with E-state index < -0.39 is 11.7 Å². The van der Waals surface area contributed by atoms with Gasteiger partial charge in [0, 0.05) is 11.1 Å². The number of hydrogen-bond acceptors (Lipinski definition) is 1. The molecule has 1 saturated carbocycles. The van der Waals surface area contributed by atoms with Crippen LogP contribution in [0.1, 0.15) is 36.4 Å². The van der Waals surface area contributed by atoms with Crippen molar-refractivity contribution in [3.05, 3.63) is 34.3 Å². The molecule has 1 nitrogen and oxygen atoms in total. The van der Waals surface area contributed by atoms with Gasteiger partial charge < -0.3 is 5.73 Å². The van der Waals surface area contributed by atoms with Gasteiger partial charge in [-0.15, -0.1) is 0 Å². The van der Waals surface area contributed by atoms with Gasteiger partial charge in [-0.05, 0) is 36.1 Å². The minimum Gasteiger partial charge on any atom is -0.324 e. The summed E-state index contributed by atoms with van der Waals surface area (Å²) >= 11 is 5.70. The molecule has 0 unspecified atom stereocenters. The van der Waals surface area contributed by atoms with E-state index in [1.54, 1.807) is 0 Å². The average Bonchev–Trinajstić information content (AvgIpc) is 2.99. The second kappa shape index (κ2) is 4.50. The second-order valence-electron chi connectivity index (χ2n) is 4.56. The van der Waals surface area contributed by atoms with Crippen LogP contribution in [0.4, 0.5) is 13.2 Å². The van der Waals surface area contributed by atoms with E-state index in [4.69, 9.17) is 17.3 Å². The lowest BCUT2D eigenvalue weighted by Gasteiger charge is -2.15. The molecule has 94 valence electrons. The monoisotopic (exact) mass is 263 g/mol. The number of halogens is 4. The molecule has 17 heavy (non-hydrogen) atoms. The van der Waals surface area contributed by atoms with Gasteiger partial charge in [0.2, 0.25) is 0 Å². The smallest absolute Gasteiger partial charge is 0.324 e. The van der Waals surface area contributed by atoms with Gasteiger partial charge in [-0.25, -0.2) is 0 Å². The van der Waals surface area contributed by atoms with Crippen molar-refractivity contribution in [2.45, 2.75) is 31.5 Å². The Bertz CT molecular complexity index is 413. The summed E-state index contributed by atoms with van der Waals surface area (Å²) in [5.74, 6) is 0.568. The molecular weight excluding hydrogens is 251 g/mol. The fourth-order valence-corrected chi connectivity index (χ4v) is 2.08. The molecule has 0 aromatic heterocycles. The molecule has 1 aromatic carbocycles. The Morgan fingerprint density at radius 2 is 1.94 bits per heavy atom. The second-order valence-corrected chi connectivity index (χ2v) is 4.99. The molecule has 2 rings (SSSR count). The molecule has 0 bridgehead atoms. The predicted molar refractivity (Wildman–Crippen MR) is 60.7 cm³/mol. The SMILES string of the molecule is N[C@@H](CC1CC1)c1cc(Cl)cc(C(F)(F)F)c1. The van der Waals surface area contributed by atoms with E-state index in [1.807, 2.05) is 0 Å². The summed E-state index contributed by atoms with van der Waals surface area (Å²) in [6.07, 6.45) is -1.39. The van der Waals surface area contributed by atoms with Crippen LogP contribution in [0.15, 0.2) is 18.2 Å². The maximum atomic E-state index is 12.6. The van der Waals surface area contributed by atoms with Gasteiger partial charge in [0.1, 0.15) is 0 Å². The Balaban J connectivity index is 2.23. The third-order valence-corrected chi connectivity index (χ3v) is 3.18. The molecule has 0 heterocycles. The summed E-state index contributed by atoms with van der Waals surface area (Å²) in [7, 11) is 0. The fraction of sp³-hybridized carbons (Fsp3) is 0.500. The largest absolute Gasteiger partial charge is 0.416 e. The zero-order chi connectivity index (χ0) is 12.6. The first-order valence-electron chi connectivity index (χ1n) is 5.49. The van der Waals surface area contributed by atoms with E-state index in [9.17, 15) is 13.2 Å². The van der Waals surface area contributed by atoms with Crippen molar-refractivity contribution in [2.24, 2.45) is 11.7 Å². The molecule has 0 radical (unpaired) electrons. The van der Waals surface area contributed by atoms with Gasteiger partial charge in [-0.1, -0.05) is 24.4 Å². The minimum atomic E-state index is -4.38. The Morgan fingerprint density at radius 1 is 1.29 bits per heavy atom. The molecule has 2 N–H and O–H groups in total. The summed E-state index contributed by atoms with van der Waals surface area (Å²) in [5, 5.41) is 0.0843. The first-order chi connectivity index (χ1) is 7.86. The molecular formula is C12H13ClF3N. The minimum absolute atomic E-state index is 0.0843. The first-order valence-corrected chi connectivity index (χ1v) is 5.87. The van der Waals surface area contributed by atoms with Crippen molar-refractivity contribution < 1.29 is 13.2 Å². The summed E-state index contributed by atoms with van der Waals surface area (Å²) in [5.41, 5.74) is 5.63. The van der Waals surface area contributed by atoms with E-state index in [0.717, 1.165) is 31.4 Å². The Morgan fingerprint density at radius 3 is 2.47 bits per heavy atom. The van der Waals surface area contributed by atoms with Crippen molar-refractivity contribution in [1.29, 1.82) is 0 Å². The van der Waals surface area contributed by atoms with Gasteiger partial charge in [-0.2, -0.15) is 13.2 Å². The number of alkyl halides is 3. The molecule has 5 heteroatoms. The van der Waals surface area contributed by atoms with Crippen LogP contribution in [-0.4, -0.2) is 0 Å². The van der Waals surface area contributed by atoms with Gasteiger partial charge in [0.25, 0.3) is 0 Å². The highest BCUT2D eigenvalue weighted by Crippen LogP contribution is 2.38. The lowest BCUT2D eigenvalue weighted by Crippen LogP contribution is -2.13. The van der Waals surface area contributed by atoms with Gasteiger partial charge >= 0.3 is 6.18 Å². The molecule has 1 aliphatic carbocycles. The van der Waals surface area contributed by atoms with Crippen LogP contribution in [0.2, 0.25) is 5.02 Å². The average molecular weight is 264 g/mol. The Hall–Kier alpha value is -0.740. The molecule has 0 spiro atoms. The van der Waals surface area contributed by atoms with Gasteiger partial charge in [0.05, 0.1) is 5.56 Å². The van der Waals surface area contributed by atoms with Crippen LogP contribution in [0, 0.1) is 5.92 Å². The lowest BCUT2D eigenvalue weighted by atomic mass is 10.00. The van der Waals surface area contributed by atoms with Crippen LogP contribution >= 0.6 is 11.6 Å². The zero-order valence-electron chi connectivity index (χ0n) is 9.10. The van der Waals surface area contributed by atoms with Crippen LogP contribution in [0.3, 0.4) is 0 Å². The Labute approximate surface area is 103 Å². The molecule has 1 fully saturated rings. The van der Waals surface area contributed by atoms with Crippen LogP contribution in [0.5, 0.6) is 0 Å². The fourth-order valence-electron chi connectivity index (χ4n) is 1.84. The lowest BCUT2D eigenvalue weighted by molar-refractivity contribution is -0.137. The zero-order valence-corrected chi connectivity index (χ0v) is 9.85. The summed E-state index contributed by atoms with van der Waals surface area (Å²) in [4.78, 5) is 0. The normalized spacial score (nSPS) is 18.2. The molecule has 1 aromatic rings. The standard InChI is InChI=1S/C12H13ClF3N/c13-10-5-8(11(17)3-7-1-2-7)4-9(6-10)12(14,15)16/h4-7,11H,1-3,17H2/t11-/m0/s1. The maximum absolute atomic E-state index is 12.6. The van der Waals surface area contributed by atoms with Crippen molar-refractivity contribution in [1.82, 2.24) is 0 Å². The van der Waals surface area contributed by atoms with Crippen molar-refractivity contribution in [2.75, 3.05) is 0 Å². The number of benzene rings is 1. The third-order valence-electron chi connectivity index (χ3n) is 2.96. The molecule has 1 atom stereocenters. The highest BCUT2D eigenvalue weighted by atomic mass is 35.5. The van der Waals surface area contributed by atoms with Crippen LogP contribution in [-0.2, 0) is 6.18 Å². The van der Waals surface area contributed by atoms with Crippen molar-refractivity contribution >= 4 is 11.6 Å². The van der Waals surface area contributed by atoms with Crippen LogP contribution in [0.25, 0.3) is 0 Å². The van der Waals surface area contributed by atoms with E-state index in [1.165, 1.54) is 6.07 Å². The van der Waals surface area contributed by atoms with E-state index in [-0.39, 0.29) is 11.1 Å².